The second-order valence-electron chi connectivity index (χ2n) is 9.19. The SMILES string of the molecule is O=C1Nc2ccccc2C1C1C(=O)Oc2cc3c(cc21)OC(=O)C3C1C(=O)NC2C=CC=CC21. The van der Waals surface area contributed by atoms with E-state index in [-0.39, 0.29) is 23.8 Å². The van der Waals surface area contributed by atoms with Crippen LogP contribution in [0.25, 0.3) is 0 Å². The van der Waals surface area contributed by atoms with Crippen LogP contribution in [0.5, 0.6) is 11.5 Å². The quantitative estimate of drug-likeness (QED) is 0.532. The predicted molar refractivity (Wildman–Crippen MR) is 118 cm³/mol. The van der Waals surface area contributed by atoms with Crippen molar-refractivity contribution in [3.8, 4) is 11.5 Å². The average molecular weight is 454 g/mol. The van der Waals surface area contributed by atoms with Crippen LogP contribution < -0.4 is 20.1 Å². The largest absolute Gasteiger partial charge is 0.426 e. The Hall–Kier alpha value is -4.20. The first-order valence-electron chi connectivity index (χ1n) is 11.2. The van der Waals surface area contributed by atoms with Crippen molar-refractivity contribution in [1.29, 1.82) is 0 Å². The monoisotopic (exact) mass is 454 g/mol. The molecule has 1 saturated heterocycles. The van der Waals surface area contributed by atoms with Crippen LogP contribution in [0.1, 0.15) is 34.4 Å². The van der Waals surface area contributed by atoms with Crippen LogP contribution in [0.2, 0.25) is 0 Å². The zero-order valence-corrected chi connectivity index (χ0v) is 17.7. The Morgan fingerprint density at radius 3 is 2.18 bits per heavy atom. The van der Waals surface area contributed by atoms with Gasteiger partial charge in [-0.3, -0.25) is 19.2 Å². The van der Waals surface area contributed by atoms with Crippen molar-refractivity contribution in [1.82, 2.24) is 5.32 Å². The van der Waals surface area contributed by atoms with Crippen molar-refractivity contribution >= 4 is 29.4 Å². The zero-order valence-electron chi connectivity index (χ0n) is 17.7. The standard InChI is InChI=1S/C26H18N2O6/c29-23-19(11-5-1-3-7-15(11)27-23)21-13-9-18-14(10-17(13)33-25(21)31)22(26(32)34-18)20-12-6-2-4-8-16(12)28-24(20)30/h1-11,15,19-22H,(H,27,29)(H,28,30). The first kappa shape index (κ1) is 19.3. The van der Waals surface area contributed by atoms with Crippen LogP contribution >= 0.6 is 0 Å². The van der Waals surface area contributed by atoms with Gasteiger partial charge in [0.1, 0.15) is 17.4 Å². The van der Waals surface area contributed by atoms with Crippen molar-refractivity contribution in [2.45, 2.75) is 23.8 Å². The molecule has 6 unspecified atom stereocenters. The smallest absolute Gasteiger partial charge is 0.320 e. The summed E-state index contributed by atoms with van der Waals surface area (Å²) in [5, 5.41) is 5.76. The van der Waals surface area contributed by atoms with Gasteiger partial charge >= 0.3 is 11.9 Å². The third-order valence-electron chi connectivity index (χ3n) is 7.47. The van der Waals surface area contributed by atoms with Gasteiger partial charge in [0.15, 0.2) is 0 Å². The number of amides is 2. The second kappa shape index (κ2) is 6.66. The topological polar surface area (TPSA) is 111 Å². The lowest BCUT2D eigenvalue weighted by Gasteiger charge is -2.22. The number of fused-ring (bicyclic) bond motifs is 4. The Morgan fingerprint density at radius 2 is 1.38 bits per heavy atom. The highest BCUT2D eigenvalue weighted by Crippen LogP contribution is 2.53. The molecule has 8 heteroatoms. The first-order valence-corrected chi connectivity index (χ1v) is 11.2. The Kier molecular flexibility index (Phi) is 3.78. The maximum absolute atomic E-state index is 13.0. The summed E-state index contributed by atoms with van der Waals surface area (Å²) < 4.78 is 11.2. The molecule has 0 aromatic heterocycles. The number of anilines is 1. The number of nitrogens with one attached hydrogen (secondary N) is 2. The number of carbonyl (C=O) groups is 4. The fraction of sp³-hybridized carbons (Fsp3) is 0.231. The lowest BCUT2D eigenvalue weighted by atomic mass is 9.76. The van der Waals surface area contributed by atoms with E-state index in [1.807, 2.05) is 42.5 Å². The van der Waals surface area contributed by atoms with Gasteiger partial charge in [-0.05, 0) is 23.8 Å². The van der Waals surface area contributed by atoms with Crippen LogP contribution in [-0.4, -0.2) is 29.8 Å². The molecule has 1 fully saturated rings. The van der Waals surface area contributed by atoms with E-state index < -0.39 is 35.6 Å². The average Bonchev–Trinajstić information content (AvgIpc) is 3.51. The molecule has 7 rings (SSSR count). The first-order chi connectivity index (χ1) is 16.5. The third-order valence-corrected chi connectivity index (χ3v) is 7.47. The van der Waals surface area contributed by atoms with Gasteiger partial charge < -0.3 is 20.1 Å². The van der Waals surface area contributed by atoms with Crippen LogP contribution in [0.4, 0.5) is 5.69 Å². The lowest BCUT2D eigenvalue weighted by molar-refractivity contribution is -0.138. The minimum Gasteiger partial charge on any atom is -0.426 e. The van der Waals surface area contributed by atoms with Gasteiger partial charge in [-0.15, -0.1) is 0 Å². The van der Waals surface area contributed by atoms with Gasteiger partial charge in [0.25, 0.3) is 0 Å². The predicted octanol–water partition coefficient (Wildman–Crippen LogP) is 2.28. The van der Waals surface area contributed by atoms with Crippen molar-refractivity contribution in [3.63, 3.8) is 0 Å². The summed E-state index contributed by atoms with van der Waals surface area (Å²) in [4.78, 5) is 51.5. The van der Waals surface area contributed by atoms with E-state index >= 15 is 0 Å². The second-order valence-corrected chi connectivity index (χ2v) is 9.19. The lowest BCUT2D eigenvalue weighted by Crippen LogP contribution is -2.29. The molecule has 2 amide bonds. The summed E-state index contributed by atoms with van der Waals surface area (Å²) >= 11 is 0. The Balaban J connectivity index is 1.30. The molecule has 4 heterocycles. The maximum Gasteiger partial charge on any atom is 0.320 e. The number of benzene rings is 2. The minimum absolute atomic E-state index is 0.170. The Labute approximate surface area is 193 Å². The highest BCUT2D eigenvalue weighted by molar-refractivity contribution is 6.07. The van der Waals surface area contributed by atoms with E-state index in [1.54, 1.807) is 18.2 Å². The minimum atomic E-state index is -0.854. The van der Waals surface area contributed by atoms with E-state index in [9.17, 15) is 19.2 Å². The van der Waals surface area contributed by atoms with Gasteiger partial charge in [0.05, 0.1) is 23.8 Å². The molecule has 2 aromatic carbocycles. The van der Waals surface area contributed by atoms with Gasteiger partial charge in [0.2, 0.25) is 11.8 Å². The molecule has 0 bridgehead atoms. The number of allylic oxidation sites excluding steroid dienone is 2. The highest BCUT2D eigenvalue weighted by atomic mass is 16.5. The summed E-state index contributed by atoms with van der Waals surface area (Å²) in [6, 6.07) is 10.3. The van der Waals surface area contributed by atoms with Crippen molar-refractivity contribution < 1.29 is 28.7 Å². The molecular weight excluding hydrogens is 436 g/mol. The summed E-state index contributed by atoms with van der Waals surface area (Å²) in [6.07, 6.45) is 7.57. The molecule has 0 radical (unpaired) electrons. The summed E-state index contributed by atoms with van der Waals surface area (Å²) in [5.74, 6) is -4.14. The summed E-state index contributed by atoms with van der Waals surface area (Å²) in [7, 11) is 0. The molecule has 34 heavy (non-hydrogen) atoms. The molecule has 2 N–H and O–H groups in total. The number of hydrogen-bond donors (Lipinski definition) is 2. The normalized spacial score (nSPS) is 31.9. The Morgan fingerprint density at radius 1 is 0.706 bits per heavy atom. The molecule has 168 valence electrons. The number of ether oxygens (including phenoxy) is 2. The number of carbonyl (C=O) groups excluding carboxylic acids is 4. The number of para-hydroxylation sites is 1. The van der Waals surface area contributed by atoms with Gasteiger partial charge in [-0.25, -0.2) is 0 Å². The van der Waals surface area contributed by atoms with E-state index in [1.165, 1.54) is 0 Å². The highest BCUT2D eigenvalue weighted by Gasteiger charge is 2.53. The zero-order chi connectivity index (χ0) is 23.1. The third kappa shape index (κ3) is 2.48. The number of hydrogen-bond acceptors (Lipinski definition) is 6. The fourth-order valence-electron chi connectivity index (χ4n) is 5.99. The summed E-state index contributed by atoms with van der Waals surface area (Å²) in [5.41, 5.74) is 2.42. The van der Waals surface area contributed by atoms with E-state index in [2.05, 4.69) is 10.6 Å². The molecule has 6 atom stereocenters. The summed E-state index contributed by atoms with van der Waals surface area (Å²) in [6.45, 7) is 0. The fourth-order valence-corrected chi connectivity index (χ4v) is 5.99. The van der Waals surface area contributed by atoms with Crippen LogP contribution in [0.3, 0.4) is 0 Å². The molecular formula is C26H18N2O6. The molecule has 1 aliphatic carbocycles. The van der Waals surface area contributed by atoms with Crippen LogP contribution in [-0.2, 0) is 19.2 Å². The van der Waals surface area contributed by atoms with Gasteiger partial charge in [0, 0.05) is 22.7 Å². The van der Waals surface area contributed by atoms with Crippen LogP contribution in [0.15, 0.2) is 60.7 Å². The molecule has 5 aliphatic rings. The molecule has 4 aliphatic heterocycles. The van der Waals surface area contributed by atoms with Crippen molar-refractivity contribution in [2.24, 2.45) is 11.8 Å². The van der Waals surface area contributed by atoms with Crippen molar-refractivity contribution in [3.05, 3.63) is 77.4 Å². The molecule has 0 spiro atoms. The van der Waals surface area contributed by atoms with Crippen LogP contribution in [0, 0.1) is 11.8 Å². The number of rotatable bonds is 2. The van der Waals surface area contributed by atoms with Gasteiger partial charge in [-0.2, -0.15) is 0 Å². The van der Waals surface area contributed by atoms with E-state index in [0.29, 0.717) is 28.3 Å². The molecule has 0 saturated carbocycles. The maximum atomic E-state index is 13.0. The number of esters is 2. The van der Waals surface area contributed by atoms with Crippen molar-refractivity contribution in [2.75, 3.05) is 5.32 Å². The van der Waals surface area contributed by atoms with Gasteiger partial charge in [-0.1, -0.05) is 42.5 Å². The van der Waals surface area contributed by atoms with E-state index in [4.69, 9.17) is 9.47 Å². The van der Waals surface area contributed by atoms with E-state index in [0.717, 1.165) is 5.56 Å². The Bertz CT molecular complexity index is 1390. The molecule has 2 aromatic rings. The molecule has 8 nitrogen and oxygen atoms in total.